The molecule has 2 aliphatic carbocycles. The summed E-state index contributed by atoms with van der Waals surface area (Å²) in [5.41, 5.74) is 0.629. The Morgan fingerprint density at radius 2 is 1.67 bits per heavy atom. The van der Waals surface area contributed by atoms with E-state index < -0.39 is 53.5 Å². The van der Waals surface area contributed by atoms with Gasteiger partial charge in [-0.05, 0) is 61.8 Å². The van der Waals surface area contributed by atoms with Crippen molar-refractivity contribution < 1.29 is 29.0 Å². The van der Waals surface area contributed by atoms with Crippen LogP contribution in [-0.4, -0.2) is 59.7 Å². The number of hydrogen-bond acceptors (Lipinski definition) is 6. The molecule has 4 amide bonds. The predicted molar refractivity (Wildman–Crippen MR) is 188 cm³/mol. The van der Waals surface area contributed by atoms with E-state index in [0.717, 1.165) is 50.5 Å². The third kappa shape index (κ3) is 9.89. The highest BCUT2D eigenvalue weighted by Gasteiger charge is 2.40. The fraction of sp³-hybridized carbons (Fsp3) is 0.568. The number of aliphatic hydroxyl groups excluding tert-OH is 1. The maximum atomic E-state index is 14.1. The Hall–Kier alpha value is -3.34. The van der Waals surface area contributed by atoms with Crippen molar-refractivity contribution in [2.75, 3.05) is 6.54 Å². The van der Waals surface area contributed by atoms with Gasteiger partial charge in [-0.25, -0.2) is 4.79 Å². The van der Waals surface area contributed by atoms with E-state index in [1.807, 2.05) is 38.1 Å². The van der Waals surface area contributed by atoms with Crippen LogP contribution < -0.4 is 21.3 Å². The molecule has 3 aliphatic rings. The van der Waals surface area contributed by atoms with E-state index in [1.54, 1.807) is 24.3 Å². The Morgan fingerprint density at radius 3 is 2.33 bits per heavy atom. The summed E-state index contributed by atoms with van der Waals surface area (Å²) in [6.45, 7) is 4.36. The van der Waals surface area contributed by atoms with Crippen LogP contribution in [0.4, 0.5) is 4.79 Å². The molecule has 3 fully saturated rings. The lowest BCUT2D eigenvalue weighted by Gasteiger charge is -2.36. The summed E-state index contributed by atoms with van der Waals surface area (Å²) in [6, 6.07) is 12.4. The van der Waals surface area contributed by atoms with E-state index >= 15 is 0 Å². The van der Waals surface area contributed by atoms with Gasteiger partial charge in [-0.15, -0.1) is 0 Å². The number of benzene rings is 2. The van der Waals surface area contributed by atoms with Gasteiger partial charge in [0.15, 0.2) is 6.10 Å². The molecule has 5 N–H and O–H groups in total. The van der Waals surface area contributed by atoms with E-state index in [1.165, 1.54) is 0 Å². The van der Waals surface area contributed by atoms with Gasteiger partial charge in [0.2, 0.25) is 11.8 Å². The fourth-order valence-corrected chi connectivity index (χ4v) is 7.45. The van der Waals surface area contributed by atoms with Crippen molar-refractivity contribution in [3.8, 4) is 0 Å². The van der Waals surface area contributed by atoms with Crippen LogP contribution in [0.15, 0.2) is 48.5 Å². The van der Waals surface area contributed by atoms with Gasteiger partial charge in [0, 0.05) is 39.5 Å². The highest BCUT2D eigenvalue weighted by molar-refractivity contribution is 6.31. The maximum Gasteiger partial charge on any atom is 0.408 e. The predicted octanol–water partition coefficient (Wildman–Crippen LogP) is 5.73. The third-order valence-corrected chi connectivity index (χ3v) is 10.7. The number of carbonyl (C=O) groups excluding carboxylic acids is 4. The van der Waals surface area contributed by atoms with Crippen LogP contribution in [0.25, 0.3) is 0 Å². The van der Waals surface area contributed by atoms with Crippen molar-refractivity contribution in [3.05, 3.63) is 69.7 Å². The van der Waals surface area contributed by atoms with Gasteiger partial charge < -0.3 is 31.1 Å². The molecule has 0 bridgehead atoms. The van der Waals surface area contributed by atoms with E-state index in [0.29, 0.717) is 35.0 Å². The molecule has 0 radical (unpaired) electrons. The molecule has 2 aromatic carbocycles. The number of aliphatic hydroxyl groups is 1. The quantitative estimate of drug-likeness (QED) is 0.169. The minimum Gasteiger partial charge on any atom is -0.440 e. The van der Waals surface area contributed by atoms with Gasteiger partial charge in [0.25, 0.3) is 5.91 Å². The molecule has 2 unspecified atom stereocenters. The average molecular weight is 716 g/mol. The normalized spacial score (nSPS) is 20.8. The van der Waals surface area contributed by atoms with Crippen LogP contribution in [0.3, 0.4) is 0 Å². The van der Waals surface area contributed by atoms with Crippen LogP contribution in [-0.2, 0) is 24.5 Å². The maximum absolute atomic E-state index is 14.1. The summed E-state index contributed by atoms with van der Waals surface area (Å²) in [7, 11) is 0. The zero-order valence-corrected chi connectivity index (χ0v) is 29.7. The van der Waals surface area contributed by atoms with Crippen LogP contribution >= 0.6 is 23.2 Å². The topological polar surface area (TPSA) is 146 Å². The Balaban J connectivity index is 1.38. The first-order chi connectivity index (χ1) is 23.4. The van der Waals surface area contributed by atoms with Crippen LogP contribution in [0.1, 0.15) is 95.3 Å². The van der Waals surface area contributed by atoms with E-state index in [9.17, 15) is 24.3 Å². The lowest BCUT2D eigenvalue weighted by Crippen LogP contribution is -2.57. The standard InChI is InChI=1S/C37H48Cl2N4O6/c1-37(2,24-11-8-12-25(38)21-24)32(27-13-6-7-14-28(27)39)49-36(48)43-30(19-22-9-4-3-5-10-22)34(46)42-29(20-23-17-18-40-33(23)45)31(44)35(47)41-26-15-16-26/h6-8,11-14,21-23,26,29-32,44H,3-5,9-10,15-20H2,1-2H3,(H,40,45)(H,41,47)(H,42,46)(H,43,48)/t23-,29-,30-,31?,32?/m0/s1. The van der Waals surface area contributed by atoms with Gasteiger partial charge in [-0.3, -0.25) is 14.4 Å². The molecular formula is C37H48Cl2N4O6. The molecule has 0 aromatic heterocycles. The monoisotopic (exact) mass is 714 g/mol. The number of hydrogen-bond donors (Lipinski definition) is 5. The lowest BCUT2D eigenvalue weighted by atomic mass is 9.76. The van der Waals surface area contributed by atoms with Gasteiger partial charge in [0.05, 0.1) is 6.04 Å². The Morgan fingerprint density at radius 1 is 0.939 bits per heavy atom. The number of carbonyl (C=O) groups is 4. The first-order valence-electron chi connectivity index (χ1n) is 17.5. The summed E-state index contributed by atoms with van der Waals surface area (Å²) < 4.78 is 6.19. The molecule has 1 saturated heterocycles. The molecule has 1 heterocycles. The van der Waals surface area contributed by atoms with E-state index in [-0.39, 0.29) is 24.3 Å². The SMILES string of the molecule is CC(C)(c1cccc(Cl)c1)C(OC(=O)N[C@@H](CC1CCCCC1)C(=O)N[C@@H](C[C@@H]1CCNC1=O)C(O)C(=O)NC1CC1)c1ccccc1Cl. The van der Waals surface area contributed by atoms with Crippen molar-refractivity contribution in [1.29, 1.82) is 0 Å². The molecule has 12 heteroatoms. The van der Waals surface area contributed by atoms with Gasteiger partial charge >= 0.3 is 6.09 Å². The van der Waals surface area contributed by atoms with Gasteiger partial charge in [-0.1, -0.05) is 99.5 Å². The van der Waals surface area contributed by atoms with Crippen molar-refractivity contribution in [2.24, 2.45) is 11.8 Å². The first kappa shape index (κ1) is 36.9. The summed E-state index contributed by atoms with van der Waals surface area (Å²) >= 11 is 13.0. The number of halogens is 2. The summed E-state index contributed by atoms with van der Waals surface area (Å²) in [6.07, 6.45) is 4.42. The molecule has 266 valence electrons. The molecular weight excluding hydrogens is 667 g/mol. The van der Waals surface area contributed by atoms with Crippen LogP contribution in [0.5, 0.6) is 0 Å². The van der Waals surface area contributed by atoms with Crippen molar-refractivity contribution >= 4 is 47.0 Å². The minimum absolute atomic E-state index is 0.00555. The fourth-order valence-electron chi connectivity index (χ4n) is 7.02. The molecule has 49 heavy (non-hydrogen) atoms. The molecule has 2 saturated carbocycles. The lowest BCUT2D eigenvalue weighted by molar-refractivity contribution is -0.134. The second-order valence-electron chi connectivity index (χ2n) is 14.3. The van der Waals surface area contributed by atoms with Gasteiger partial charge in [0.1, 0.15) is 12.1 Å². The second kappa shape index (κ2) is 16.6. The third-order valence-electron chi connectivity index (χ3n) is 10.1. The van der Waals surface area contributed by atoms with Gasteiger partial charge in [-0.2, -0.15) is 0 Å². The highest BCUT2D eigenvalue weighted by atomic mass is 35.5. The van der Waals surface area contributed by atoms with E-state index in [2.05, 4.69) is 21.3 Å². The molecule has 10 nitrogen and oxygen atoms in total. The van der Waals surface area contributed by atoms with Crippen LogP contribution in [0.2, 0.25) is 10.0 Å². The molecule has 5 rings (SSSR count). The Kier molecular flexibility index (Phi) is 12.5. The highest BCUT2D eigenvalue weighted by Crippen LogP contribution is 2.42. The Bertz CT molecular complexity index is 1490. The zero-order valence-electron chi connectivity index (χ0n) is 28.2. The number of ether oxygens (including phenoxy) is 1. The van der Waals surface area contributed by atoms with Crippen molar-refractivity contribution in [3.63, 3.8) is 0 Å². The summed E-state index contributed by atoms with van der Waals surface area (Å²) in [5.74, 6) is -1.59. The molecule has 5 atom stereocenters. The molecule has 0 spiro atoms. The van der Waals surface area contributed by atoms with Crippen molar-refractivity contribution in [2.45, 2.75) is 114 Å². The largest absolute Gasteiger partial charge is 0.440 e. The number of nitrogens with one attached hydrogen (secondary N) is 4. The molecule has 2 aromatic rings. The summed E-state index contributed by atoms with van der Waals surface area (Å²) in [5, 5.41) is 23.3. The Labute approximate surface area is 298 Å². The van der Waals surface area contributed by atoms with E-state index in [4.69, 9.17) is 27.9 Å². The number of alkyl carbamates (subject to hydrolysis) is 1. The number of amides is 4. The summed E-state index contributed by atoms with van der Waals surface area (Å²) in [4.78, 5) is 53.4. The smallest absolute Gasteiger partial charge is 0.408 e. The average Bonchev–Trinajstić information content (AvgIpc) is 3.81. The zero-order chi connectivity index (χ0) is 35.1. The minimum atomic E-state index is -1.57. The second-order valence-corrected chi connectivity index (χ2v) is 15.2. The molecule has 1 aliphatic heterocycles. The number of rotatable bonds is 14. The van der Waals surface area contributed by atoms with Crippen LogP contribution in [0, 0.1) is 11.8 Å². The first-order valence-corrected chi connectivity index (χ1v) is 18.2. The van der Waals surface area contributed by atoms with Crippen molar-refractivity contribution in [1.82, 2.24) is 21.3 Å².